The molecule has 0 spiro atoms. The van der Waals surface area contributed by atoms with Crippen LogP contribution in [0.15, 0.2) is 24.4 Å². The molecule has 1 N–H and O–H groups in total. The summed E-state index contributed by atoms with van der Waals surface area (Å²) in [6, 6.07) is 6.06. The van der Waals surface area contributed by atoms with Crippen molar-refractivity contribution in [2.75, 3.05) is 13.1 Å². The molecule has 31 heavy (non-hydrogen) atoms. The van der Waals surface area contributed by atoms with Crippen LogP contribution in [0.5, 0.6) is 5.75 Å². The highest BCUT2D eigenvalue weighted by atomic mass is 16.5. The number of fused-ring (bicyclic) bond motifs is 1. The van der Waals surface area contributed by atoms with Crippen LogP contribution in [0.4, 0.5) is 0 Å². The van der Waals surface area contributed by atoms with Gasteiger partial charge in [-0.3, -0.25) is 9.69 Å². The van der Waals surface area contributed by atoms with Gasteiger partial charge in [0.25, 0.3) is 0 Å². The molecule has 0 bridgehead atoms. The van der Waals surface area contributed by atoms with E-state index in [1.807, 2.05) is 24.4 Å². The highest BCUT2D eigenvalue weighted by molar-refractivity contribution is 5.79. The fourth-order valence-electron chi connectivity index (χ4n) is 5.02. The number of rotatable bonds is 7. The summed E-state index contributed by atoms with van der Waals surface area (Å²) in [4.78, 5) is 22.5. The first-order valence-corrected chi connectivity index (χ1v) is 11.7. The monoisotopic (exact) mass is 425 g/mol. The summed E-state index contributed by atoms with van der Waals surface area (Å²) in [5.74, 6) is 1.44. The number of benzene rings is 1. The number of nitrogens with zero attached hydrogens (tertiary/aromatic N) is 3. The Morgan fingerprint density at radius 1 is 1.23 bits per heavy atom. The van der Waals surface area contributed by atoms with Gasteiger partial charge < -0.3 is 9.84 Å². The number of aromatic nitrogens is 2. The van der Waals surface area contributed by atoms with Gasteiger partial charge in [0.15, 0.2) is 0 Å². The summed E-state index contributed by atoms with van der Waals surface area (Å²) >= 11 is 0. The molecule has 2 heterocycles. The van der Waals surface area contributed by atoms with Crippen molar-refractivity contribution in [1.29, 1.82) is 0 Å². The molecule has 0 amide bonds. The third-order valence-electron chi connectivity index (χ3n) is 7.58. The summed E-state index contributed by atoms with van der Waals surface area (Å²) in [5.41, 5.74) is 1.33. The number of likely N-dealkylation sites (tertiary alicyclic amines) is 1. The van der Waals surface area contributed by atoms with Crippen molar-refractivity contribution in [2.45, 2.75) is 71.9 Å². The highest BCUT2D eigenvalue weighted by Crippen LogP contribution is 2.41. The van der Waals surface area contributed by atoms with Crippen LogP contribution < -0.4 is 4.74 Å². The quantitative estimate of drug-likeness (QED) is 0.679. The van der Waals surface area contributed by atoms with Gasteiger partial charge >= 0.3 is 5.97 Å². The lowest BCUT2D eigenvalue weighted by atomic mass is 9.69. The molecule has 2 aromatic rings. The maximum atomic E-state index is 11.2. The lowest BCUT2D eigenvalue weighted by Crippen LogP contribution is -2.31. The van der Waals surface area contributed by atoms with E-state index in [0.29, 0.717) is 31.0 Å². The topological polar surface area (TPSA) is 75.5 Å². The molecule has 1 aromatic carbocycles. The minimum Gasteiger partial charge on any atom is -0.490 e. The number of aliphatic carboxylic acids is 1. The van der Waals surface area contributed by atoms with E-state index in [-0.39, 0.29) is 5.92 Å². The third kappa shape index (κ3) is 5.17. The standard InChI is InChI=1S/C25H35N3O3/c1-4-25(2,3)19-5-7-20(8-6-19)31-21-9-10-22-18(13-21)14-26-23(27-22)16-28-12-11-17(15-28)24(29)30/h9-10,13-14,17,19-20H,4-8,11-12,15-16H2,1-3H3,(H,29,30). The maximum absolute atomic E-state index is 11.2. The second-order valence-corrected chi connectivity index (χ2v) is 10.00. The largest absolute Gasteiger partial charge is 0.490 e. The first-order valence-electron chi connectivity index (χ1n) is 11.7. The first-order chi connectivity index (χ1) is 14.8. The molecular weight excluding hydrogens is 390 g/mol. The van der Waals surface area contributed by atoms with Gasteiger partial charge in [-0.15, -0.1) is 0 Å². The Bertz CT molecular complexity index is 921. The third-order valence-corrected chi connectivity index (χ3v) is 7.58. The predicted octanol–water partition coefficient (Wildman–Crippen LogP) is 4.91. The molecule has 1 aliphatic heterocycles. The van der Waals surface area contributed by atoms with E-state index >= 15 is 0 Å². The molecule has 6 heteroatoms. The van der Waals surface area contributed by atoms with Crippen LogP contribution in [-0.2, 0) is 11.3 Å². The summed E-state index contributed by atoms with van der Waals surface area (Å²) in [6.45, 7) is 9.03. The van der Waals surface area contributed by atoms with Gasteiger partial charge in [-0.05, 0) is 68.2 Å². The fourth-order valence-corrected chi connectivity index (χ4v) is 5.02. The molecule has 2 fully saturated rings. The Labute approximate surface area is 185 Å². The van der Waals surface area contributed by atoms with Gasteiger partial charge in [0, 0.05) is 18.1 Å². The Morgan fingerprint density at radius 2 is 2.00 bits per heavy atom. The average molecular weight is 426 g/mol. The van der Waals surface area contributed by atoms with Crippen LogP contribution in [-0.4, -0.2) is 45.1 Å². The molecular formula is C25H35N3O3. The first kappa shape index (κ1) is 22.0. The second kappa shape index (κ2) is 9.11. The van der Waals surface area contributed by atoms with Crippen molar-refractivity contribution in [3.8, 4) is 5.75 Å². The number of carbonyl (C=O) groups is 1. The second-order valence-electron chi connectivity index (χ2n) is 10.00. The minimum absolute atomic E-state index is 0.275. The van der Waals surface area contributed by atoms with Crippen molar-refractivity contribution < 1.29 is 14.6 Å². The minimum atomic E-state index is -0.711. The fraction of sp³-hybridized carbons (Fsp3) is 0.640. The van der Waals surface area contributed by atoms with Gasteiger partial charge in [-0.25, -0.2) is 9.97 Å². The molecule has 1 aliphatic carbocycles. The van der Waals surface area contributed by atoms with Crippen molar-refractivity contribution >= 4 is 16.9 Å². The van der Waals surface area contributed by atoms with E-state index in [2.05, 4.69) is 35.6 Å². The van der Waals surface area contributed by atoms with Crippen LogP contribution in [0.2, 0.25) is 0 Å². The molecule has 168 valence electrons. The van der Waals surface area contributed by atoms with Crippen molar-refractivity contribution in [1.82, 2.24) is 14.9 Å². The van der Waals surface area contributed by atoms with Gasteiger partial charge in [-0.2, -0.15) is 0 Å². The lowest BCUT2D eigenvalue weighted by molar-refractivity contribution is -0.141. The Morgan fingerprint density at radius 3 is 2.68 bits per heavy atom. The van der Waals surface area contributed by atoms with Crippen LogP contribution >= 0.6 is 0 Å². The molecule has 4 rings (SSSR count). The number of carboxylic acid groups (broad SMARTS) is 1. The lowest BCUT2D eigenvalue weighted by Gasteiger charge is -2.38. The summed E-state index contributed by atoms with van der Waals surface area (Å²) < 4.78 is 6.31. The van der Waals surface area contributed by atoms with E-state index in [1.54, 1.807) is 0 Å². The van der Waals surface area contributed by atoms with Crippen LogP contribution in [0, 0.1) is 17.3 Å². The molecule has 6 nitrogen and oxygen atoms in total. The van der Waals surface area contributed by atoms with Gasteiger partial charge in [0.05, 0.1) is 24.1 Å². The van der Waals surface area contributed by atoms with Gasteiger partial charge in [-0.1, -0.05) is 27.2 Å². The zero-order valence-corrected chi connectivity index (χ0v) is 19.0. The molecule has 1 aromatic heterocycles. The van der Waals surface area contributed by atoms with Gasteiger partial charge in [0.1, 0.15) is 11.6 Å². The number of carboxylic acids is 1. The van der Waals surface area contributed by atoms with E-state index in [9.17, 15) is 9.90 Å². The normalized spacial score (nSPS) is 25.1. The van der Waals surface area contributed by atoms with E-state index in [0.717, 1.165) is 47.8 Å². The van der Waals surface area contributed by atoms with Crippen LogP contribution in [0.3, 0.4) is 0 Å². The molecule has 1 saturated carbocycles. The summed E-state index contributed by atoms with van der Waals surface area (Å²) in [7, 11) is 0. The Hall–Kier alpha value is -2.21. The maximum Gasteiger partial charge on any atom is 0.307 e. The molecule has 1 saturated heterocycles. The zero-order chi connectivity index (χ0) is 22.0. The smallest absolute Gasteiger partial charge is 0.307 e. The van der Waals surface area contributed by atoms with E-state index in [4.69, 9.17) is 4.74 Å². The summed E-state index contributed by atoms with van der Waals surface area (Å²) in [6.07, 6.45) is 8.79. The van der Waals surface area contributed by atoms with Crippen molar-refractivity contribution in [2.24, 2.45) is 17.3 Å². The van der Waals surface area contributed by atoms with Crippen molar-refractivity contribution in [3.63, 3.8) is 0 Å². The SMILES string of the molecule is CCC(C)(C)C1CCC(Oc2ccc3nc(CN4CCC(C(=O)O)C4)ncc3c2)CC1. The molecule has 2 aliphatic rings. The predicted molar refractivity (Wildman–Crippen MR) is 121 cm³/mol. The average Bonchev–Trinajstić information content (AvgIpc) is 3.23. The van der Waals surface area contributed by atoms with Crippen LogP contribution in [0.1, 0.15) is 65.1 Å². The molecule has 0 radical (unpaired) electrons. The van der Waals surface area contributed by atoms with E-state index < -0.39 is 5.97 Å². The van der Waals surface area contributed by atoms with Crippen LogP contribution in [0.25, 0.3) is 10.9 Å². The highest BCUT2D eigenvalue weighted by Gasteiger charge is 2.32. The Kier molecular flexibility index (Phi) is 6.47. The number of ether oxygens (including phenoxy) is 1. The zero-order valence-electron chi connectivity index (χ0n) is 19.0. The number of hydrogen-bond acceptors (Lipinski definition) is 5. The Balaban J connectivity index is 1.35. The van der Waals surface area contributed by atoms with Gasteiger partial charge in [0.2, 0.25) is 0 Å². The van der Waals surface area contributed by atoms with E-state index in [1.165, 1.54) is 19.3 Å². The number of hydrogen-bond donors (Lipinski definition) is 1. The molecule has 1 atom stereocenters. The molecule has 1 unspecified atom stereocenters. The van der Waals surface area contributed by atoms with Crippen molar-refractivity contribution in [3.05, 3.63) is 30.2 Å². The summed E-state index contributed by atoms with van der Waals surface area (Å²) in [5, 5.41) is 10.2.